The average Bonchev–Trinajstić information content (AvgIpc) is 3.10. The first kappa shape index (κ1) is 14.1. The predicted molar refractivity (Wildman–Crippen MR) is 88.4 cm³/mol. The van der Waals surface area contributed by atoms with Crippen molar-refractivity contribution in [2.45, 2.75) is 19.8 Å². The second-order valence-electron chi connectivity index (χ2n) is 5.39. The molecule has 1 aliphatic heterocycles. The van der Waals surface area contributed by atoms with E-state index in [1.54, 1.807) is 11.3 Å². The molecule has 110 valence electrons. The van der Waals surface area contributed by atoms with Gasteiger partial charge in [0.1, 0.15) is 0 Å². The number of amides is 1. The third-order valence-electron chi connectivity index (χ3n) is 3.84. The van der Waals surface area contributed by atoms with E-state index in [1.807, 2.05) is 19.1 Å². The molecule has 0 unspecified atom stereocenters. The number of para-hydroxylation sites is 1. The first-order valence-electron chi connectivity index (χ1n) is 7.41. The molecule has 1 N–H and O–H groups in total. The van der Waals surface area contributed by atoms with Crippen molar-refractivity contribution in [1.29, 1.82) is 0 Å². The molecule has 0 saturated heterocycles. The van der Waals surface area contributed by atoms with Crippen LogP contribution in [0.4, 0.5) is 5.69 Å². The van der Waals surface area contributed by atoms with E-state index in [9.17, 15) is 4.79 Å². The summed E-state index contributed by atoms with van der Waals surface area (Å²) in [5.41, 5.74) is 2.80. The summed E-state index contributed by atoms with van der Waals surface area (Å²) in [5, 5.41) is 3.01. The Balaban J connectivity index is 1.44. The SMILES string of the molecule is Cc1ccc(C(=O)NCCCN2CCc3ccccc32)s1. The molecule has 1 aromatic heterocycles. The maximum absolute atomic E-state index is 11.9. The topological polar surface area (TPSA) is 32.3 Å². The van der Waals surface area contributed by atoms with Gasteiger partial charge in [0, 0.05) is 30.2 Å². The number of anilines is 1. The highest BCUT2D eigenvalue weighted by atomic mass is 32.1. The van der Waals surface area contributed by atoms with Crippen LogP contribution in [-0.2, 0) is 6.42 Å². The van der Waals surface area contributed by atoms with Crippen molar-refractivity contribution in [1.82, 2.24) is 5.32 Å². The number of fused-ring (bicyclic) bond motifs is 1. The Hall–Kier alpha value is -1.81. The lowest BCUT2D eigenvalue weighted by molar-refractivity contribution is 0.0957. The maximum Gasteiger partial charge on any atom is 0.261 e. The van der Waals surface area contributed by atoms with Gasteiger partial charge in [-0.2, -0.15) is 0 Å². The van der Waals surface area contributed by atoms with Gasteiger partial charge in [0.25, 0.3) is 5.91 Å². The Morgan fingerprint density at radius 3 is 2.95 bits per heavy atom. The van der Waals surface area contributed by atoms with Crippen LogP contribution in [0.5, 0.6) is 0 Å². The molecule has 0 aliphatic carbocycles. The smallest absolute Gasteiger partial charge is 0.261 e. The van der Waals surface area contributed by atoms with Crippen LogP contribution in [0.25, 0.3) is 0 Å². The molecule has 0 bridgehead atoms. The molecule has 0 radical (unpaired) electrons. The van der Waals surface area contributed by atoms with Crippen molar-refractivity contribution >= 4 is 22.9 Å². The first-order valence-corrected chi connectivity index (χ1v) is 8.23. The van der Waals surface area contributed by atoms with Crippen molar-refractivity contribution in [3.63, 3.8) is 0 Å². The van der Waals surface area contributed by atoms with Gasteiger partial charge in [-0.3, -0.25) is 4.79 Å². The van der Waals surface area contributed by atoms with Gasteiger partial charge in [-0.1, -0.05) is 18.2 Å². The third kappa shape index (κ3) is 3.27. The minimum atomic E-state index is 0.0509. The van der Waals surface area contributed by atoms with Crippen LogP contribution < -0.4 is 10.2 Å². The lowest BCUT2D eigenvalue weighted by atomic mass is 10.2. The average molecular weight is 300 g/mol. The highest BCUT2D eigenvalue weighted by Crippen LogP contribution is 2.27. The van der Waals surface area contributed by atoms with Gasteiger partial charge in [0.2, 0.25) is 0 Å². The standard InChI is InChI=1S/C17H20N2OS/c1-13-7-8-16(21-13)17(20)18-10-4-11-19-12-9-14-5-2-3-6-15(14)19/h2-3,5-8H,4,9-12H2,1H3,(H,18,20). The van der Waals surface area contributed by atoms with Crippen LogP contribution in [0.1, 0.15) is 26.5 Å². The Kier molecular flexibility index (Phi) is 4.25. The minimum Gasteiger partial charge on any atom is -0.371 e. The summed E-state index contributed by atoms with van der Waals surface area (Å²) in [7, 11) is 0. The molecule has 0 saturated carbocycles. The van der Waals surface area contributed by atoms with Crippen molar-refractivity contribution in [2.75, 3.05) is 24.5 Å². The molecule has 2 aromatic rings. The molecule has 4 heteroatoms. The highest BCUT2D eigenvalue weighted by molar-refractivity contribution is 7.13. The lowest BCUT2D eigenvalue weighted by Gasteiger charge is -2.19. The Morgan fingerprint density at radius 1 is 1.29 bits per heavy atom. The van der Waals surface area contributed by atoms with E-state index in [4.69, 9.17) is 0 Å². The van der Waals surface area contributed by atoms with Gasteiger partial charge in [-0.15, -0.1) is 11.3 Å². The van der Waals surface area contributed by atoms with Gasteiger partial charge in [0.05, 0.1) is 4.88 Å². The van der Waals surface area contributed by atoms with Gasteiger partial charge < -0.3 is 10.2 Å². The Morgan fingerprint density at radius 2 is 2.14 bits per heavy atom. The Bertz CT molecular complexity index is 635. The number of carbonyl (C=O) groups excluding carboxylic acids is 1. The van der Waals surface area contributed by atoms with E-state index >= 15 is 0 Å². The molecule has 1 amide bonds. The van der Waals surface area contributed by atoms with E-state index < -0.39 is 0 Å². The molecule has 0 atom stereocenters. The third-order valence-corrected chi connectivity index (χ3v) is 4.84. The predicted octanol–water partition coefficient (Wildman–Crippen LogP) is 3.24. The molecule has 0 spiro atoms. The number of nitrogens with zero attached hydrogens (tertiary/aromatic N) is 1. The molecule has 21 heavy (non-hydrogen) atoms. The minimum absolute atomic E-state index is 0.0509. The van der Waals surface area contributed by atoms with Gasteiger partial charge in [-0.25, -0.2) is 0 Å². The van der Waals surface area contributed by atoms with Crippen molar-refractivity contribution < 1.29 is 4.79 Å². The second-order valence-corrected chi connectivity index (χ2v) is 6.67. The molecule has 2 heterocycles. The molecule has 3 nitrogen and oxygen atoms in total. The fourth-order valence-electron chi connectivity index (χ4n) is 2.75. The van der Waals surface area contributed by atoms with Crippen LogP contribution in [0.15, 0.2) is 36.4 Å². The van der Waals surface area contributed by atoms with Crippen molar-refractivity contribution in [3.8, 4) is 0 Å². The van der Waals surface area contributed by atoms with E-state index in [2.05, 4.69) is 34.5 Å². The fraction of sp³-hybridized carbons (Fsp3) is 0.353. The second kappa shape index (κ2) is 6.31. The number of carbonyl (C=O) groups is 1. The molecular weight excluding hydrogens is 280 g/mol. The van der Waals surface area contributed by atoms with Gasteiger partial charge in [-0.05, 0) is 43.5 Å². The van der Waals surface area contributed by atoms with Crippen LogP contribution >= 0.6 is 11.3 Å². The Labute approximate surface area is 129 Å². The normalized spacial score (nSPS) is 13.3. The van der Waals surface area contributed by atoms with E-state index in [0.717, 1.165) is 37.4 Å². The number of thiophene rings is 1. The van der Waals surface area contributed by atoms with Crippen molar-refractivity contribution in [2.24, 2.45) is 0 Å². The zero-order valence-electron chi connectivity index (χ0n) is 12.3. The van der Waals surface area contributed by atoms with Crippen LogP contribution in [0.3, 0.4) is 0 Å². The van der Waals surface area contributed by atoms with Crippen LogP contribution in [-0.4, -0.2) is 25.5 Å². The van der Waals surface area contributed by atoms with Crippen molar-refractivity contribution in [3.05, 3.63) is 51.7 Å². The van der Waals surface area contributed by atoms with E-state index in [1.165, 1.54) is 16.1 Å². The van der Waals surface area contributed by atoms with Gasteiger partial charge >= 0.3 is 0 Å². The summed E-state index contributed by atoms with van der Waals surface area (Å²) in [6.45, 7) is 4.85. The maximum atomic E-state index is 11.9. The zero-order chi connectivity index (χ0) is 14.7. The number of benzene rings is 1. The summed E-state index contributed by atoms with van der Waals surface area (Å²) in [4.78, 5) is 16.3. The van der Waals surface area contributed by atoms with E-state index in [0.29, 0.717) is 0 Å². The lowest BCUT2D eigenvalue weighted by Crippen LogP contribution is -2.28. The first-order chi connectivity index (χ1) is 10.2. The molecular formula is C17H20N2OS. The monoisotopic (exact) mass is 300 g/mol. The molecule has 0 fully saturated rings. The number of nitrogens with one attached hydrogen (secondary N) is 1. The van der Waals surface area contributed by atoms with Crippen LogP contribution in [0, 0.1) is 6.92 Å². The summed E-state index contributed by atoms with van der Waals surface area (Å²) in [6.07, 6.45) is 2.11. The van der Waals surface area contributed by atoms with Crippen LogP contribution in [0.2, 0.25) is 0 Å². The molecule has 1 aromatic carbocycles. The number of hydrogen-bond donors (Lipinski definition) is 1. The number of rotatable bonds is 5. The summed E-state index contributed by atoms with van der Waals surface area (Å²) < 4.78 is 0. The summed E-state index contributed by atoms with van der Waals surface area (Å²) >= 11 is 1.55. The largest absolute Gasteiger partial charge is 0.371 e. The van der Waals surface area contributed by atoms with E-state index in [-0.39, 0.29) is 5.91 Å². The number of hydrogen-bond acceptors (Lipinski definition) is 3. The zero-order valence-corrected chi connectivity index (χ0v) is 13.1. The van der Waals surface area contributed by atoms with Gasteiger partial charge in [0.15, 0.2) is 0 Å². The quantitative estimate of drug-likeness (QED) is 0.860. The molecule has 3 rings (SSSR count). The molecule has 1 aliphatic rings. The number of aryl methyl sites for hydroxylation is 1. The summed E-state index contributed by atoms with van der Waals surface area (Å²) in [5.74, 6) is 0.0509. The fourth-order valence-corrected chi connectivity index (χ4v) is 3.54. The summed E-state index contributed by atoms with van der Waals surface area (Å²) in [6, 6.07) is 12.5. The highest BCUT2D eigenvalue weighted by Gasteiger charge is 2.17.